The van der Waals surface area contributed by atoms with Crippen LogP contribution < -0.4 is 5.73 Å². The van der Waals surface area contributed by atoms with Crippen LogP contribution in [-0.2, 0) is 13.0 Å². The van der Waals surface area contributed by atoms with Gasteiger partial charge in [0.15, 0.2) is 5.82 Å². The summed E-state index contributed by atoms with van der Waals surface area (Å²) in [6.07, 6.45) is 4.64. The lowest BCUT2D eigenvalue weighted by Gasteiger charge is -2.08. The average Bonchev–Trinajstić information content (AvgIpc) is 3.19. The summed E-state index contributed by atoms with van der Waals surface area (Å²) in [4.78, 5) is 9.25. The summed E-state index contributed by atoms with van der Waals surface area (Å²) in [6.45, 7) is 0.571. The minimum atomic E-state index is -0.125. The minimum absolute atomic E-state index is 0.125. The van der Waals surface area contributed by atoms with Crippen molar-refractivity contribution in [3.05, 3.63) is 71.1 Å². The normalized spacial score (nSPS) is 11.3. The van der Waals surface area contributed by atoms with Crippen molar-refractivity contribution in [1.29, 1.82) is 0 Å². The van der Waals surface area contributed by atoms with Crippen LogP contribution in [0.3, 0.4) is 0 Å². The number of aromatic nitrogens is 4. The van der Waals surface area contributed by atoms with Gasteiger partial charge < -0.3 is 10.8 Å². The highest BCUT2D eigenvalue weighted by Gasteiger charge is 2.13. The molecular weight excluding hydrogens is 386 g/mol. The number of rotatable bonds is 7. The number of nitrogens with two attached hydrogens (primary N) is 1. The van der Waals surface area contributed by atoms with Gasteiger partial charge in [-0.3, -0.25) is 4.98 Å². The van der Waals surface area contributed by atoms with Gasteiger partial charge in [0.1, 0.15) is 0 Å². The first-order chi connectivity index (χ1) is 14.2. The van der Waals surface area contributed by atoms with Crippen LogP contribution in [0.25, 0.3) is 28.0 Å². The number of pyridine rings is 2. The second-order valence-corrected chi connectivity index (χ2v) is 7.26. The number of aryl methyl sites for hydroxylation is 1. The van der Waals surface area contributed by atoms with Crippen LogP contribution in [-0.4, -0.2) is 31.4 Å². The minimum Gasteiger partial charge on any atom is -0.390 e. The maximum Gasteiger partial charge on any atom is 0.154 e. The quantitative estimate of drug-likeness (QED) is 0.453. The maximum atomic E-state index is 9.38. The van der Waals surface area contributed by atoms with Gasteiger partial charge in [0.05, 0.1) is 34.7 Å². The van der Waals surface area contributed by atoms with E-state index in [1.165, 1.54) is 0 Å². The van der Waals surface area contributed by atoms with Gasteiger partial charge in [-0.1, -0.05) is 23.7 Å². The highest BCUT2D eigenvalue weighted by molar-refractivity contribution is 6.35. The van der Waals surface area contributed by atoms with E-state index in [9.17, 15) is 5.11 Å². The fourth-order valence-electron chi connectivity index (χ4n) is 3.32. The molecule has 148 valence electrons. The van der Waals surface area contributed by atoms with Crippen molar-refractivity contribution in [2.24, 2.45) is 5.73 Å². The van der Waals surface area contributed by atoms with Crippen LogP contribution in [0.1, 0.15) is 24.2 Å². The number of hydrogen-bond donors (Lipinski definition) is 2. The fraction of sp³-hybridized carbons (Fsp3) is 0.227. The third kappa shape index (κ3) is 4.15. The Labute approximate surface area is 174 Å². The summed E-state index contributed by atoms with van der Waals surface area (Å²) in [5, 5.41) is 15.3. The summed E-state index contributed by atoms with van der Waals surface area (Å²) < 4.78 is 1.73. The van der Waals surface area contributed by atoms with Crippen LogP contribution in [0, 0.1) is 0 Å². The van der Waals surface area contributed by atoms with Gasteiger partial charge in [0.25, 0.3) is 0 Å². The second-order valence-electron chi connectivity index (χ2n) is 6.85. The van der Waals surface area contributed by atoms with Gasteiger partial charge in [0, 0.05) is 16.6 Å². The van der Waals surface area contributed by atoms with Gasteiger partial charge >= 0.3 is 0 Å². The van der Waals surface area contributed by atoms with Gasteiger partial charge in [-0.2, -0.15) is 5.10 Å². The van der Waals surface area contributed by atoms with Crippen LogP contribution in [0.15, 0.2) is 54.7 Å². The Bertz CT molecular complexity index is 1140. The molecule has 0 aliphatic carbocycles. The van der Waals surface area contributed by atoms with E-state index in [2.05, 4.69) is 10.1 Å². The first kappa shape index (κ1) is 19.5. The zero-order chi connectivity index (χ0) is 20.2. The lowest BCUT2D eigenvalue weighted by Crippen LogP contribution is -2.02. The molecule has 0 atom stereocenters. The van der Waals surface area contributed by atoms with E-state index in [1.54, 1.807) is 16.9 Å². The number of unbranched alkanes of at least 4 members (excludes halogenated alkanes) is 1. The molecule has 0 unspecified atom stereocenters. The summed E-state index contributed by atoms with van der Waals surface area (Å²) in [7, 11) is 0. The summed E-state index contributed by atoms with van der Waals surface area (Å²) in [5.41, 5.74) is 9.84. The molecule has 0 bridgehead atoms. The van der Waals surface area contributed by atoms with Crippen molar-refractivity contribution >= 4 is 22.5 Å². The second kappa shape index (κ2) is 8.69. The number of aliphatic hydroxyl groups excluding tert-OH is 1. The fourth-order valence-corrected chi connectivity index (χ4v) is 3.58. The van der Waals surface area contributed by atoms with E-state index < -0.39 is 0 Å². The molecule has 0 radical (unpaired) electrons. The molecule has 0 aliphatic heterocycles. The van der Waals surface area contributed by atoms with Crippen molar-refractivity contribution < 1.29 is 5.11 Å². The topological polar surface area (TPSA) is 89.8 Å². The zero-order valence-electron chi connectivity index (χ0n) is 15.9. The molecule has 0 saturated heterocycles. The molecule has 0 saturated carbocycles. The van der Waals surface area contributed by atoms with Crippen molar-refractivity contribution in [3.63, 3.8) is 0 Å². The molecule has 3 N–H and O–H groups in total. The number of fused-ring (bicyclic) bond motifs is 1. The van der Waals surface area contributed by atoms with Crippen LogP contribution in [0.5, 0.6) is 0 Å². The monoisotopic (exact) mass is 407 g/mol. The molecule has 0 aliphatic rings. The lowest BCUT2D eigenvalue weighted by atomic mass is 10.1. The molecular formula is C22H22ClN5O. The number of hydrogen-bond acceptors (Lipinski definition) is 5. The molecule has 4 aromatic rings. The van der Waals surface area contributed by atoms with Crippen LogP contribution in [0.4, 0.5) is 0 Å². The molecule has 4 rings (SSSR count). The number of aliphatic hydroxyl groups is 1. The van der Waals surface area contributed by atoms with Crippen molar-refractivity contribution in [1.82, 2.24) is 19.7 Å². The lowest BCUT2D eigenvalue weighted by molar-refractivity contribution is 0.276. The van der Waals surface area contributed by atoms with Gasteiger partial charge in [-0.25, -0.2) is 9.67 Å². The van der Waals surface area contributed by atoms with E-state index in [1.807, 2.05) is 42.5 Å². The predicted molar refractivity (Wildman–Crippen MR) is 115 cm³/mol. The molecule has 3 aromatic heterocycles. The Kier molecular flexibility index (Phi) is 5.85. The van der Waals surface area contributed by atoms with Crippen molar-refractivity contribution in [3.8, 4) is 17.1 Å². The summed E-state index contributed by atoms with van der Waals surface area (Å²) in [5.74, 6) is 0.628. The Hall–Kier alpha value is -2.80. The molecule has 29 heavy (non-hydrogen) atoms. The molecule has 6 nitrogen and oxygen atoms in total. The van der Waals surface area contributed by atoms with E-state index in [0.717, 1.165) is 47.1 Å². The van der Waals surface area contributed by atoms with Crippen LogP contribution in [0.2, 0.25) is 5.02 Å². The third-order valence-electron chi connectivity index (χ3n) is 4.80. The molecule has 7 heteroatoms. The van der Waals surface area contributed by atoms with E-state index in [0.29, 0.717) is 23.1 Å². The number of halogens is 1. The van der Waals surface area contributed by atoms with Crippen molar-refractivity contribution in [2.75, 3.05) is 6.54 Å². The molecule has 1 aromatic carbocycles. The average molecular weight is 408 g/mol. The summed E-state index contributed by atoms with van der Waals surface area (Å²) in [6, 6.07) is 15.4. The third-order valence-corrected chi connectivity index (χ3v) is 5.11. The molecule has 0 spiro atoms. The molecule has 3 heterocycles. The first-order valence-corrected chi connectivity index (χ1v) is 9.98. The highest BCUT2D eigenvalue weighted by atomic mass is 35.5. The van der Waals surface area contributed by atoms with Crippen molar-refractivity contribution in [2.45, 2.75) is 25.9 Å². The SMILES string of the molecule is NCCCCc1cccc(-c2cc(Cl)c3cnn(-c4cccc(CO)n4)c3c2)n1. The number of nitrogens with zero attached hydrogens (tertiary/aromatic N) is 4. The number of benzene rings is 1. The van der Waals surface area contributed by atoms with Gasteiger partial charge in [0.2, 0.25) is 0 Å². The predicted octanol–water partition coefficient (Wildman–Crippen LogP) is 3.91. The van der Waals surface area contributed by atoms with E-state index >= 15 is 0 Å². The highest BCUT2D eigenvalue weighted by Crippen LogP contribution is 2.31. The zero-order valence-corrected chi connectivity index (χ0v) is 16.7. The van der Waals surface area contributed by atoms with Gasteiger partial charge in [-0.15, -0.1) is 0 Å². The molecule has 0 amide bonds. The smallest absolute Gasteiger partial charge is 0.154 e. The van der Waals surface area contributed by atoms with Crippen LogP contribution >= 0.6 is 11.6 Å². The molecule has 0 fully saturated rings. The van der Waals surface area contributed by atoms with E-state index in [-0.39, 0.29) is 6.61 Å². The Balaban J connectivity index is 1.76. The largest absolute Gasteiger partial charge is 0.390 e. The van der Waals surface area contributed by atoms with Gasteiger partial charge in [-0.05, 0) is 62.2 Å². The standard InChI is InChI=1S/C22H22ClN5O/c23-19-11-15(20-8-3-6-16(26-20)5-1-2-10-24)12-21-18(19)13-25-28(21)22-9-4-7-17(14-29)27-22/h3-4,6-9,11-13,29H,1-2,5,10,14,24H2. The maximum absolute atomic E-state index is 9.38. The first-order valence-electron chi connectivity index (χ1n) is 9.60. The summed E-state index contributed by atoms with van der Waals surface area (Å²) >= 11 is 6.56. The Morgan fingerprint density at radius 1 is 1.00 bits per heavy atom. The van der Waals surface area contributed by atoms with E-state index in [4.69, 9.17) is 22.3 Å². The Morgan fingerprint density at radius 3 is 2.66 bits per heavy atom. The Morgan fingerprint density at radius 2 is 1.83 bits per heavy atom.